The van der Waals surface area contributed by atoms with Crippen LogP contribution in [0, 0.1) is 0 Å². The molecule has 19 heteroatoms. The summed E-state index contributed by atoms with van der Waals surface area (Å²) in [4.78, 5) is 13.4. The molecule has 548 valence electrons. The van der Waals surface area contributed by atoms with Gasteiger partial charge in [-0.3, -0.25) is 4.79 Å². The van der Waals surface area contributed by atoms with Crippen molar-refractivity contribution in [1.82, 2.24) is 5.32 Å². The molecule has 96 heavy (non-hydrogen) atoms. The topological polar surface area (TPSA) is 307 Å². The van der Waals surface area contributed by atoms with Crippen molar-refractivity contribution >= 4 is 5.91 Å². The largest absolute Gasteiger partial charge is 0.394 e. The molecule has 0 aromatic carbocycles. The first kappa shape index (κ1) is 86.2. The molecule has 3 saturated heterocycles. The van der Waals surface area contributed by atoms with Gasteiger partial charge in [0.15, 0.2) is 18.9 Å². The number of hydrogen-bond donors (Lipinski definition) is 12. The summed E-state index contributed by atoms with van der Waals surface area (Å²) in [5, 5.41) is 121. The van der Waals surface area contributed by atoms with E-state index in [0.29, 0.717) is 19.3 Å². The lowest BCUT2D eigenvalue weighted by molar-refractivity contribution is -0.379. The van der Waals surface area contributed by atoms with Crippen molar-refractivity contribution in [2.75, 3.05) is 26.4 Å². The van der Waals surface area contributed by atoms with Crippen molar-refractivity contribution in [2.24, 2.45) is 0 Å². The van der Waals surface area contributed by atoms with Gasteiger partial charge < -0.3 is 89.9 Å². The molecule has 19 nitrogen and oxygen atoms in total. The number of rotatable bonds is 54. The number of carbonyl (C=O) groups is 1. The van der Waals surface area contributed by atoms with Crippen LogP contribution in [0.25, 0.3) is 0 Å². The number of ether oxygens (including phenoxy) is 6. The molecule has 3 aliphatic rings. The second kappa shape index (κ2) is 56.7. The van der Waals surface area contributed by atoms with Crippen LogP contribution < -0.4 is 5.32 Å². The van der Waals surface area contributed by atoms with E-state index in [4.69, 9.17) is 28.4 Å². The summed E-state index contributed by atoms with van der Waals surface area (Å²) in [6, 6.07) is -0.907. The van der Waals surface area contributed by atoms with Gasteiger partial charge in [0, 0.05) is 6.42 Å². The molecular weight excluding hydrogens is 1230 g/mol. The van der Waals surface area contributed by atoms with E-state index < -0.39 is 124 Å². The van der Waals surface area contributed by atoms with Gasteiger partial charge >= 0.3 is 0 Å². The molecule has 0 radical (unpaired) electrons. The quantitative estimate of drug-likeness (QED) is 0.0199. The lowest BCUT2D eigenvalue weighted by atomic mass is 9.96. The Labute approximate surface area is 575 Å². The zero-order valence-corrected chi connectivity index (χ0v) is 58.0. The van der Waals surface area contributed by atoms with E-state index in [-0.39, 0.29) is 18.9 Å². The fourth-order valence-electron chi connectivity index (χ4n) is 11.4. The van der Waals surface area contributed by atoms with Crippen molar-refractivity contribution in [3.05, 3.63) is 134 Å². The van der Waals surface area contributed by atoms with E-state index in [1.54, 1.807) is 0 Å². The Bertz CT molecular complexity index is 2260. The minimum atomic E-state index is -1.98. The highest BCUT2D eigenvalue weighted by Crippen LogP contribution is 2.33. The highest BCUT2D eigenvalue weighted by atomic mass is 16.8. The summed E-state index contributed by atoms with van der Waals surface area (Å²) in [6.07, 6.45) is 52.6. The first-order chi connectivity index (χ1) is 46.8. The van der Waals surface area contributed by atoms with Gasteiger partial charge in [0.1, 0.15) is 73.2 Å². The van der Waals surface area contributed by atoms with Gasteiger partial charge in [-0.2, -0.15) is 0 Å². The maximum absolute atomic E-state index is 13.4. The second-order valence-corrected chi connectivity index (χ2v) is 25.3. The van der Waals surface area contributed by atoms with E-state index >= 15 is 0 Å². The summed E-state index contributed by atoms with van der Waals surface area (Å²) in [6.45, 7) is 1.63. The molecular formula is C77H127NO18. The molecule has 0 bridgehead atoms. The van der Waals surface area contributed by atoms with E-state index in [2.05, 4.69) is 153 Å². The number of aliphatic hydroxyl groups is 11. The van der Waals surface area contributed by atoms with Gasteiger partial charge in [-0.15, -0.1) is 0 Å². The maximum atomic E-state index is 13.4. The van der Waals surface area contributed by atoms with Crippen molar-refractivity contribution in [2.45, 2.75) is 317 Å². The summed E-state index contributed by atoms with van der Waals surface area (Å²) in [7, 11) is 0. The first-order valence-electron chi connectivity index (χ1n) is 36.4. The van der Waals surface area contributed by atoms with E-state index in [9.17, 15) is 61.0 Å². The van der Waals surface area contributed by atoms with Gasteiger partial charge in [0.25, 0.3) is 0 Å². The summed E-state index contributed by atoms with van der Waals surface area (Å²) in [5.41, 5.74) is 0. The van der Waals surface area contributed by atoms with Crippen LogP contribution in [0.3, 0.4) is 0 Å². The minimum absolute atomic E-state index is 0.235. The summed E-state index contributed by atoms with van der Waals surface area (Å²) >= 11 is 0. The zero-order chi connectivity index (χ0) is 69.6. The molecule has 3 aliphatic heterocycles. The predicted molar refractivity (Wildman–Crippen MR) is 378 cm³/mol. The molecule has 12 N–H and O–H groups in total. The predicted octanol–water partition coefficient (Wildman–Crippen LogP) is 10.5. The zero-order valence-electron chi connectivity index (χ0n) is 58.0. The average Bonchev–Trinajstić information content (AvgIpc) is 0.787. The van der Waals surface area contributed by atoms with Crippen LogP contribution in [-0.4, -0.2) is 193 Å². The molecule has 3 heterocycles. The highest BCUT2D eigenvalue weighted by molar-refractivity contribution is 5.76. The fourth-order valence-corrected chi connectivity index (χ4v) is 11.4. The van der Waals surface area contributed by atoms with Crippen LogP contribution >= 0.6 is 0 Å². The number of unbranched alkanes of at least 4 members (excludes halogenated alkanes) is 16. The number of nitrogens with one attached hydrogen (secondary N) is 1. The smallest absolute Gasteiger partial charge is 0.220 e. The van der Waals surface area contributed by atoms with Gasteiger partial charge in [0.05, 0.1) is 38.6 Å². The third-order valence-corrected chi connectivity index (χ3v) is 17.2. The molecule has 17 atom stereocenters. The molecule has 17 unspecified atom stereocenters. The van der Waals surface area contributed by atoms with E-state index in [0.717, 1.165) is 122 Å². The number of hydrogen-bond acceptors (Lipinski definition) is 18. The Morgan fingerprint density at radius 2 is 0.719 bits per heavy atom. The Morgan fingerprint density at radius 1 is 0.385 bits per heavy atom. The monoisotopic (exact) mass is 1350 g/mol. The molecule has 3 rings (SSSR count). The van der Waals surface area contributed by atoms with Crippen molar-refractivity contribution in [1.29, 1.82) is 0 Å². The SMILES string of the molecule is CC/C=C\C/C=C\C/C=C\C/C=C\C/C=C\C/C=C\C/C=C\C/C=C\C/C=C\C/C=C\C/C=C\CCCCCCCC(=O)NC(COC1OC(CO)C(OC2OC(CO)C(OC3OC(CO)C(O)C(O)C3O)C(O)C2O)C(O)C1O)C(O)CCCCCCCCCCCCCC. The van der Waals surface area contributed by atoms with Crippen LogP contribution in [0.15, 0.2) is 134 Å². The molecule has 1 amide bonds. The molecule has 0 aliphatic carbocycles. The number of allylic oxidation sites excluding steroid dienone is 22. The average molecular weight is 1350 g/mol. The van der Waals surface area contributed by atoms with Gasteiger partial charge in [-0.05, 0) is 96.3 Å². The standard InChI is InChI=1S/C77H127NO18/c1-3-5-7-9-11-13-15-17-18-19-20-21-22-23-24-25-26-27-28-29-30-31-32-33-34-35-36-37-38-39-40-41-42-43-45-47-49-51-53-55-65(83)78-60(61(82)54-52-50-48-46-44-16-14-12-10-8-6-4-2)59-91-75-71(89)68(86)73(63(57-80)93-75)96-77-72(90)69(87)74(64(58-81)94-77)95-76-70(88)67(85)66(84)62(56-79)92-76/h5,7,11,13,17-18,20-21,23-24,26-27,29-30,32-33,35-36,38-39,41-42,60-64,66-77,79-82,84-90H,3-4,6,8-10,12,14-16,19,22,25,28,31,34,37,40,43-59H2,1-2H3,(H,78,83)/b7-5-,13-11-,18-17-,21-20-,24-23-,27-26-,30-29-,33-32-,36-35-,39-38-,42-41-. The third kappa shape index (κ3) is 37.4. The molecule has 0 aromatic rings. The Hall–Kier alpha value is -4.07. The lowest BCUT2D eigenvalue weighted by Gasteiger charge is -2.48. The van der Waals surface area contributed by atoms with E-state index in [1.165, 1.54) is 51.4 Å². The Balaban J connectivity index is 1.35. The van der Waals surface area contributed by atoms with Crippen LogP contribution in [0.1, 0.15) is 213 Å². The van der Waals surface area contributed by atoms with Crippen LogP contribution in [-0.2, 0) is 33.2 Å². The van der Waals surface area contributed by atoms with Crippen molar-refractivity contribution in [3.8, 4) is 0 Å². The van der Waals surface area contributed by atoms with Crippen molar-refractivity contribution in [3.63, 3.8) is 0 Å². The molecule has 0 saturated carbocycles. The molecule has 3 fully saturated rings. The minimum Gasteiger partial charge on any atom is -0.394 e. The number of aliphatic hydroxyl groups excluding tert-OH is 11. The number of amides is 1. The summed E-state index contributed by atoms with van der Waals surface area (Å²) < 4.78 is 34.4. The molecule has 0 aromatic heterocycles. The third-order valence-electron chi connectivity index (χ3n) is 17.2. The normalized spacial score (nSPS) is 27.9. The maximum Gasteiger partial charge on any atom is 0.220 e. The van der Waals surface area contributed by atoms with Gasteiger partial charge in [0.2, 0.25) is 5.91 Å². The van der Waals surface area contributed by atoms with Gasteiger partial charge in [-0.1, -0.05) is 244 Å². The van der Waals surface area contributed by atoms with Crippen LogP contribution in [0.2, 0.25) is 0 Å². The summed E-state index contributed by atoms with van der Waals surface area (Å²) in [5.74, 6) is -0.268. The lowest BCUT2D eigenvalue weighted by Crippen LogP contribution is -2.66. The Morgan fingerprint density at radius 3 is 1.12 bits per heavy atom. The Kier molecular flexibility index (Phi) is 50.8. The van der Waals surface area contributed by atoms with Crippen LogP contribution in [0.5, 0.6) is 0 Å². The van der Waals surface area contributed by atoms with Crippen LogP contribution in [0.4, 0.5) is 0 Å². The first-order valence-corrected chi connectivity index (χ1v) is 36.4. The molecule has 0 spiro atoms. The van der Waals surface area contributed by atoms with Gasteiger partial charge in [-0.25, -0.2) is 0 Å². The second-order valence-electron chi connectivity index (χ2n) is 25.3. The number of carbonyl (C=O) groups excluding carboxylic acids is 1. The van der Waals surface area contributed by atoms with E-state index in [1.807, 2.05) is 0 Å². The van der Waals surface area contributed by atoms with Crippen molar-refractivity contribution < 1.29 is 89.4 Å². The highest BCUT2D eigenvalue weighted by Gasteiger charge is 2.53. The fraction of sp³-hybridized carbons (Fsp3) is 0.701.